The molecule has 0 amide bonds. The lowest BCUT2D eigenvalue weighted by Gasteiger charge is -2.34. The standard InChI is InChI=1S/C21H40O/c1-16(2)5-8-18(4)20-11-9-19(10-12-20)15-22-21-13-6-17(3)7-14-21/h16-21H,5-15H2,1-4H3. The third-order valence-corrected chi connectivity index (χ3v) is 6.43. The number of rotatable bonds is 7. The summed E-state index contributed by atoms with van der Waals surface area (Å²) in [4.78, 5) is 0. The van der Waals surface area contributed by atoms with Gasteiger partial charge in [-0.25, -0.2) is 0 Å². The van der Waals surface area contributed by atoms with Crippen LogP contribution in [0, 0.1) is 29.6 Å². The van der Waals surface area contributed by atoms with Crippen LogP contribution in [0.3, 0.4) is 0 Å². The normalized spacial score (nSPS) is 34.8. The maximum atomic E-state index is 6.25. The number of hydrogen-bond donors (Lipinski definition) is 0. The highest BCUT2D eigenvalue weighted by Gasteiger charge is 2.26. The summed E-state index contributed by atoms with van der Waals surface area (Å²) in [6, 6.07) is 0. The molecule has 0 aromatic rings. The smallest absolute Gasteiger partial charge is 0.0575 e. The molecule has 0 spiro atoms. The topological polar surface area (TPSA) is 9.23 Å². The largest absolute Gasteiger partial charge is 0.378 e. The van der Waals surface area contributed by atoms with Gasteiger partial charge in [0.1, 0.15) is 0 Å². The Hall–Kier alpha value is -0.0400. The fraction of sp³-hybridized carbons (Fsp3) is 1.00. The highest BCUT2D eigenvalue weighted by molar-refractivity contribution is 4.77. The van der Waals surface area contributed by atoms with Gasteiger partial charge in [-0.3, -0.25) is 0 Å². The molecule has 0 aliphatic heterocycles. The molecule has 2 rings (SSSR count). The average molecular weight is 309 g/mol. The molecule has 2 fully saturated rings. The van der Waals surface area contributed by atoms with Crippen LogP contribution in [0.2, 0.25) is 0 Å². The molecular weight excluding hydrogens is 268 g/mol. The molecule has 2 aliphatic rings. The Morgan fingerprint density at radius 2 is 1.45 bits per heavy atom. The molecule has 22 heavy (non-hydrogen) atoms. The summed E-state index contributed by atoms with van der Waals surface area (Å²) in [5, 5.41) is 0. The van der Waals surface area contributed by atoms with E-state index in [9.17, 15) is 0 Å². The molecule has 0 aromatic heterocycles. The van der Waals surface area contributed by atoms with E-state index >= 15 is 0 Å². The molecule has 0 aromatic carbocycles. The van der Waals surface area contributed by atoms with Crippen LogP contribution in [0.5, 0.6) is 0 Å². The van der Waals surface area contributed by atoms with Gasteiger partial charge in [-0.15, -0.1) is 0 Å². The second-order valence-electron chi connectivity index (χ2n) is 8.94. The van der Waals surface area contributed by atoms with Crippen LogP contribution >= 0.6 is 0 Å². The maximum absolute atomic E-state index is 6.25. The molecule has 2 saturated carbocycles. The number of hydrogen-bond acceptors (Lipinski definition) is 1. The zero-order valence-electron chi connectivity index (χ0n) is 15.7. The van der Waals surface area contributed by atoms with Crippen molar-refractivity contribution in [3.8, 4) is 0 Å². The van der Waals surface area contributed by atoms with Gasteiger partial charge < -0.3 is 4.74 Å². The third-order valence-electron chi connectivity index (χ3n) is 6.43. The molecule has 0 bridgehead atoms. The zero-order valence-corrected chi connectivity index (χ0v) is 15.7. The molecule has 1 nitrogen and oxygen atoms in total. The van der Waals surface area contributed by atoms with Crippen LogP contribution < -0.4 is 0 Å². The minimum Gasteiger partial charge on any atom is -0.378 e. The van der Waals surface area contributed by atoms with Crippen molar-refractivity contribution in [3.63, 3.8) is 0 Å². The van der Waals surface area contributed by atoms with Crippen molar-refractivity contribution in [1.29, 1.82) is 0 Å². The first-order valence-electron chi connectivity index (χ1n) is 10.2. The minimum absolute atomic E-state index is 0.582. The molecule has 1 atom stereocenters. The monoisotopic (exact) mass is 308 g/mol. The molecule has 1 unspecified atom stereocenters. The van der Waals surface area contributed by atoms with Crippen molar-refractivity contribution in [3.05, 3.63) is 0 Å². The summed E-state index contributed by atoms with van der Waals surface area (Å²) < 4.78 is 6.25. The van der Waals surface area contributed by atoms with Gasteiger partial charge in [0.05, 0.1) is 6.10 Å². The quantitative estimate of drug-likeness (QED) is 0.524. The van der Waals surface area contributed by atoms with Gasteiger partial charge in [0.25, 0.3) is 0 Å². The van der Waals surface area contributed by atoms with Crippen LogP contribution in [-0.2, 0) is 4.74 Å². The summed E-state index contributed by atoms with van der Waals surface area (Å²) >= 11 is 0. The van der Waals surface area contributed by atoms with Gasteiger partial charge in [0.15, 0.2) is 0 Å². The first kappa shape index (κ1) is 18.3. The number of ether oxygens (including phenoxy) is 1. The van der Waals surface area contributed by atoms with Crippen molar-refractivity contribution in [2.75, 3.05) is 6.61 Å². The van der Waals surface area contributed by atoms with Crippen LogP contribution in [0.1, 0.15) is 91.9 Å². The molecule has 1 heteroatoms. The van der Waals surface area contributed by atoms with Crippen LogP contribution in [0.4, 0.5) is 0 Å². The first-order chi connectivity index (χ1) is 10.5. The lowest BCUT2D eigenvalue weighted by Crippen LogP contribution is -2.27. The third kappa shape index (κ3) is 6.22. The van der Waals surface area contributed by atoms with Crippen LogP contribution in [-0.4, -0.2) is 12.7 Å². The Morgan fingerprint density at radius 3 is 2.05 bits per heavy atom. The summed E-state index contributed by atoms with van der Waals surface area (Å²) in [6.45, 7) is 10.6. The second kappa shape index (κ2) is 9.30. The lowest BCUT2D eigenvalue weighted by molar-refractivity contribution is -0.00995. The summed E-state index contributed by atoms with van der Waals surface area (Å²) in [6.07, 6.45) is 14.5. The Balaban J connectivity index is 1.58. The van der Waals surface area contributed by atoms with E-state index in [1.165, 1.54) is 64.2 Å². The van der Waals surface area contributed by atoms with E-state index in [1.807, 2.05) is 0 Å². The predicted molar refractivity (Wildman–Crippen MR) is 96.1 cm³/mol. The molecular formula is C21H40O. The van der Waals surface area contributed by atoms with Crippen LogP contribution in [0.25, 0.3) is 0 Å². The van der Waals surface area contributed by atoms with E-state index in [0.717, 1.165) is 36.2 Å². The fourth-order valence-corrected chi connectivity index (χ4v) is 4.42. The van der Waals surface area contributed by atoms with E-state index < -0.39 is 0 Å². The summed E-state index contributed by atoms with van der Waals surface area (Å²) in [7, 11) is 0. The summed E-state index contributed by atoms with van der Waals surface area (Å²) in [5.41, 5.74) is 0. The average Bonchev–Trinajstić information content (AvgIpc) is 2.52. The highest BCUT2D eigenvalue weighted by atomic mass is 16.5. The van der Waals surface area contributed by atoms with Crippen molar-refractivity contribution < 1.29 is 4.74 Å². The molecule has 2 aliphatic carbocycles. The predicted octanol–water partition coefficient (Wildman–Crippen LogP) is 6.46. The fourth-order valence-electron chi connectivity index (χ4n) is 4.42. The Labute approximate surface area is 139 Å². The van der Waals surface area contributed by atoms with Gasteiger partial charge in [0.2, 0.25) is 0 Å². The summed E-state index contributed by atoms with van der Waals surface area (Å²) in [5.74, 6) is 4.58. The van der Waals surface area contributed by atoms with Crippen molar-refractivity contribution in [2.45, 2.75) is 98.0 Å². The molecule has 0 radical (unpaired) electrons. The molecule has 0 N–H and O–H groups in total. The Morgan fingerprint density at radius 1 is 0.818 bits per heavy atom. The first-order valence-corrected chi connectivity index (χ1v) is 10.2. The van der Waals surface area contributed by atoms with E-state index in [-0.39, 0.29) is 0 Å². The highest BCUT2D eigenvalue weighted by Crippen LogP contribution is 2.36. The van der Waals surface area contributed by atoms with E-state index in [0.29, 0.717) is 6.10 Å². The SMILES string of the molecule is CC(C)CCC(C)C1CCC(COC2CCC(C)CC2)CC1. The second-order valence-corrected chi connectivity index (χ2v) is 8.94. The van der Waals surface area contributed by atoms with Gasteiger partial charge in [0, 0.05) is 6.61 Å². The maximum Gasteiger partial charge on any atom is 0.0575 e. The molecule has 0 heterocycles. The minimum atomic E-state index is 0.582. The zero-order chi connectivity index (χ0) is 15.9. The van der Waals surface area contributed by atoms with Gasteiger partial charge in [-0.1, -0.05) is 40.5 Å². The van der Waals surface area contributed by atoms with Gasteiger partial charge in [-0.05, 0) is 81.0 Å². The Kier molecular flexibility index (Phi) is 7.74. The molecule has 0 saturated heterocycles. The van der Waals surface area contributed by atoms with E-state index in [2.05, 4.69) is 27.7 Å². The van der Waals surface area contributed by atoms with Crippen molar-refractivity contribution in [2.24, 2.45) is 29.6 Å². The lowest BCUT2D eigenvalue weighted by atomic mass is 9.75. The van der Waals surface area contributed by atoms with Gasteiger partial charge >= 0.3 is 0 Å². The van der Waals surface area contributed by atoms with Crippen LogP contribution in [0.15, 0.2) is 0 Å². The van der Waals surface area contributed by atoms with Crippen molar-refractivity contribution >= 4 is 0 Å². The molecule has 130 valence electrons. The van der Waals surface area contributed by atoms with E-state index in [4.69, 9.17) is 4.74 Å². The van der Waals surface area contributed by atoms with Crippen molar-refractivity contribution in [1.82, 2.24) is 0 Å². The Bertz CT molecular complexity index is 282. The van der Waals surface area contributed by atoms with Gasteiger partial charge in [-0.2, -0.15) is 0 Å². The van der Waals surface area contributed by atoms with E-state index in [1.54, 1.807) is 0 Å².